The molecule has 2 fully saturated rings. The van der Waals surface area contributed by atoms with Gasteiger partial charge in [0.25, 0.3) is 5.91 Å². The normalized spacial score (nSPS) is 24.8. The molecule has 2 aliphatic heterocycles. The highest BCUT2D eigenvalue weighted by atomic mass is 16.7. The Kier molecular flexibility index (Phi) is 6.19. The van der Waals surface area contributed by atoms with Gasteiger partial charge >= 0.3 is 5.97 Å². The molecule has 32 heavy (non-hydrogen) atoms. The zero-order valence-corrected chi connectivity index (χ0v) is 18.6. The lowest BCUT2D eigenvalue weighted by Crippen LogP contribution is -2.35. The number of benzene rings is 2. The molecule has 0 bridgehead atoms. The van der Waals surface area contributed by atoms with Crippen molar-refractivity contribution in [1.82, 2.24) is 9.96 Å². The molecule has 0 radical (unpaired) electrons. The van der Waals surface area contributed by atoms with E-state index < -0.39 is 12.1 Å². The number of cyclic esters (lactones) is 1. The SMILES string of the molecule is COc1c(CN2O[C@@H](CO)[C@H]3[C@H](C)OC(=O)[C@H]32)cccc1-c1ccc(C(=O)N(C)C)cc1. The van der Waals surface area contributed by atoms with Crippen LogP contribution >= 0.6 is 0 Å². The minimum atomic E-state index is -0.563. The fourth-order valence-corrected chi connectivity index (χ4v) is 4.56. The van der Waals surface area contributed by atoms with Crippen molar-refractivity contribution in [3.63, 3.8) is 0 Å². The second-order valence-corrected chi connectivity index (χ2v) is 8.34. The first kappa shape index (κ1) is 22.3. The number of carbonyl (C=O) groups is 2. The van der Waals surface area contributed by atoms with Gasteiger partial charge in [-0.25, -0.2) is 0 Å². The molecule has 0 saturated carbocycles. The van der Waals surface area contributed by atoms with Crippen LogP contribution in [-0.2, 0) is 20.9 Å². The van der Waals surface area contributed by atoms with Gasteiger partial charge in [-0.2, -0.15) is 5.06 Å². The van der Waals surface area contributed by atoms with Crippen LogP contribution in [0.4, 0.5) is 0 Å². The molecule has 0 aliphatic carbocycles. The molecule has 0 unspecified atom stereocenters. The number of hydrogen-bond acceptors (Lipinski definition) is 7. The number of aliphatic hydroxyl groups is 1. The topological polar surface area (TPSA) is 88.5 Å². The Bertz CT molecular complexity index is 1010. The van der Waals surface area contributed by atoms with Crippen molar-refractivity contribution in [2.24, 2.45) is 5.92 Å². The Balaban J connectivity index is 1.62. The second kappa shape index (κ2) is 8.90. The summed E-state index contributed by atoms with van der Waals surface area (Å²) >= 11 is 0. The van der Waals surface area contributed by atoms with Crippen LogP contribution in [0.25, 0.3) is 11.1 Å². The molecular weight excluding hydrogens is 412 g/mol. The summed E-state index contributed by atoms with van der Waals surface area (Å²) in [6.45, 7) is 1.94. The predicted octanol–water partition coefficient (Wildman–Crippen LogP) is 2.10. The van der Waals surface area contributed by atoms with Gasteiger partial charge in [0, 0.05) is 30.8 Å². The van der Waals surface area contributed by atoms with Crippen molar-refractivity contribution in [1.29, 1.82) is 0 Å². The van der Waals surface area contributed by atoms with E-state index in [-0.39, 0.29) is 30.5 Å². The third-order valence-corrected chi connectivity index (χ3v) is 6.12. The van der Waals surface area contributed by atoms with E-state index in [2.05, 4.69) is 0 Å². The summed E-state index contributed by atoms with van der Waals surface area (Å²) in [6.07, 6.45) is -0.802. The Labute approximate surface area is 187 Å². The molecule has 1 N–H and O–H groups in total. The third kappa shape index (κ3) is 3.85. The monoisotopic (exact) mass is 440 g/mol. The molecular formula is C24H28N2O6. The zero-order chi connectivity index (χ0) is 23.0. The molecule has 8 heteroatoms. The van der Waals surface area contributed by atoms with Crippen LogP contribution in [0.2, 0.25) is 0 Å². The maximum atomic E-state index is 12.4. The molecule has 2 heterocycles. The van der Waals surface area contributed by atoms with E-state index >= 15 is 0 Å². The minimum absolute atomic E-state index is 0.0610. The maximum Gasteiger partial charge on any atom is 0.326 e. The number of aliphatic hydroxyl groups excluding tert-OH is 1. The van der Waals surface area contributed by atoms with E-state index in [1.54, 1.807) is 38.4 Å². The van der Waals surface area contributed by atoms with Crippen LogP contribution in [0.15, 0.2) is 42.5 Å². The molecule has 4 rings (SSSR count). The Morgan fingerprint density at radius 1 is 1.19 bits per heavy atom. The summed E-state index contributed by atoms with van der Waals surface area (Å²) < 4.78 is 11.1. The first-order chi connectivity index (χ1) is 15.3. The molecule has 8 nitrogen and oxygen atoms in total. The minimum Gasteiger partial charge on any atom is -0.496 e. The zero-order valence-electron chi connectivity index (χ0n) is 18.6. The quantitative estimate of drug-likeness (QED) is 0.688. The standard InChI is InChI=1S/C24H28N2O6/c1-14-20-19(13-27)32-26(21(20)24(29)31-14)12-17-6-5-7-18(22(17)30-4)15-8-10-16(11-9-15)23(28)25(2)3/h5-11,14,19-21,27H,12-13H2,1-4H3/t14-,19-,20+,21-/m0/s1. The number of rotatable bonds is 6. The van der Waals surface area contributed by atoms with Crippen molar-refractivity contribution >= 4 is 11.9 Å². The van der Waals surface area contributed by atoms with Gasteiger partial charge in [-0.15, -0.1) is 0 Å². The van der Waals surface area contributed by atoms with E-state index in [9.17, 15) is 14.7 Å². The summed E-state index contributed by atoms with van der Waals surface area (Å²) in [6, 6.07) is 12.6. The molecule has 0 aromatic heterocycles. The van der Waals surface area contributed by atoms with Gasteiger partial charge in [0.05, 0.1) is 26.2 Å². The van der Waals surface area contributed by atoms with E-state index in [0.717, 1.165) is 16.7 Å². The van der Waals surface area contributed by atoms with Crippen molar-refractivity contribution in [3.05, 3.63) is 53.6 Å². The summed E-state index contributed by atoms with van der Waals surface area (Å²) in [5.41, 5.74) is 3.21. The highest BCUT2D eigenvalue weighted by Gasteiger charge is 2.56. The van der Waals surface area contributed by atoms with Crippen LogP contribution in [0.5, 0.6) is 5.75 Å². The fourth-order valence-electron chi connectivity index (χ4n) is 4.56. The molecule has 2 aromatic carbocycles. The van der Waals surface area contributed by atoms with Crippen molar-refractivity contribution < 1.29 is 29.0 Å². The number of esters is 1. The number of carbonyl (C=O) groups excluding carboxylic acids is 2. The largest absolute Gasteiger partial charge is 0.496 e. The van der Waals surface area contributed by atoms with Gasteiger partial charge in [0.2, 0.25) is 0 Å². The number of hydrogen-bond donors (Lipinski definition) is 1. The number of amides is 1. The highest BCUT2D eigenvalue weighted by molar-refractivity contribution is 5.94. The number of methoxy groups -OCH3 is 1. The van der Waals surface area contributed by atoms with Crippen LogP contribution in [0.3, 0.4) is 0 Å². The van der Waals surface area contributed by atoms with Gasteiger partial charge in [-0.05, 0) is 24.6 Å². The number of nitrogens with zero attached hydrogens (tertiary/aromatic N) is 2. The van der Waals surface area contributed by atoms with Gasteiger partial charge in [0.15, 0.2) is 0 Å². The van der Waals surface area contributed by atoms with Gasteiger partial charge < -0.3 is 19.5 Å². The Hall–Kier alpha value is -2.94. The van der Waals surface area contributed by atoms with Crippen LogP contribution in [0.1, 0.15) is 22.8 Å². The number of para-hydroxylation sites is 1. The van der Waals surface area contributed by atoms with Crippen LogP contribution < -0.4 is 4.74 Å². The van der Waals surface area contributed by atoms with Gasteiger partial charge in [0.1, 0.15) is 24.0 Å². The maximum absolute atomic E-state index is 12.4. The summed E-state index contributed by atoms with van der Waals surface area (Å²) in [7, 11) is 5.04. The average molecular weight is 440 g/mol. The van der Waals surface area contributed by atoms with E-state index in [0.29, 0.717) is 17.9 Å². The molecule has 2 aromatic rings. The predicted molar refractivity (Wildman–Crippen MR) is 117 cm³/mol. The molecule has 2 saturated heterocycles. The Morgan fingerprint density at radius 2 is 1.91 bits per heavy atom. The van der Waals surface area contributed by atoms with Gasteiger partial charge in [-0.1, -0.05) is 30.3 Å². The van der Waals surface area contributed by atoms with E-state index in [1.807, 2.05) is 37.3 Å². The summed E-state index contributed by atoms with van der Waals surface area (Å²) in [5.74, 6) is 0.0403. The van der Waals surface area contributed by atoms with Crippen LogP contribution in [0, 0.1) is 5.92 Å². The molecule has 0 spiro atoms. The molecule has 4 atom stereocenters. The van der Waals surface area contributed by atoms with E-state index in [1.165, 1.54) is 4.90 Å². The fraction of sp³-hybridized carbons (Fsp3) is 0.417. The molecule has 170 valence electrons. The number of ether oxygens (including phenoxy) is 2. The van der Waals surface area contributed by atoms with Crippen molar-refractivity contribution in [2.75, 3.05) is 27.8 Å². The molecule has 2 aliphatic rings. The highest BCUT2D eigenvalue weighted by Crippen LogP contribution is 2.40. The second-order valence-electron chi connectivity index (χ2n) is 8.34. The summed E-state index contributed by atoms with van der Waals surface area (Å²) in [4.78, 5) is 32.1. The van der Waals surface area contributed by atoms with Crippen LogP contribution in [-0.4, -0.2) is 73.0 Å². The van der Waals surface area contributed by atoms with Gasteiger partial charge in [-0.3, -0.25) is 14.4 Å². The number of hydroxylamine groups is 2. The third-order valence-electron chi connectivity index (χ3n) is 6.12. The first-order valence-electron chi connectivity index (χ1n) is 10.6. The molecule has 1 amide bonds. The average Bonchev–Trinajstić information content (AvgIpc) is 3.31. The number of fused-ring (bicyclic) bond motifs is 1. The summed E-state index contributed by atoms with van der Waals surface area (Å²) in [5, 5.41) is 11.3. The lowest BCUT2D eigenvalue weighted by molar-refractivity contribution is -0.195. The smallest absolute Gasteiger partial charge is 0.326 e. The lowest BCUT2D eigenvalue weighted by Gasteiger charge is -2.22. The van der Waals surface area contributed by atoms with Crippen molar-refractivity contribution in [2.45, 2.75) is 31.7 Å². The lowest BCUT2D eigenvalue weighted by atomic mass is 9.92. The first-order valence-corrected chi connectivity index (χ1v) is 10.6. The Morgan fingerprint density at radius 3 is 2.53 bits per heavy atom. The van der Waals surface area contributed by atoms with Crippen molar-refractivity contribution in [3.8, 4) is 16.9 Å². The van der Waals surface area contributed by atoms with E-state index in [4.69, 9.17) is 14.3 Å².